The maximum absolute atomic E-state index is 2.51. The van der Waals surface area contributed by atoms with Gasteiger partial charge in [0.15, 0.2) is 0 Å². The van der Waals surface area contributed by atoms with Gasteiger partial charge in [-0.2, -0.15) is 0 Å². The predicted molar refractivity (Wildman–Crippen MR) is 254 cm³/mol. The molecule has 2 aliphatic carbocycles. The van der Waals surface area contributed by atoms with Gasteiger partial charge in [-0.15, -0.1) is 23.5 Å². The van der Waals surface area contributed by atoms with Crippen LogP contribution in [0.2, 0.25) is 0 Å². The predicted octanol–water partition coefficient (Wildman–Crippen LogP) is 15.5. The third-order valence-corrected chi connectivity index (χ3v) is 15.5. The highest BCUT2D eigenvalue weighted by molar-refractivity contribution is 8.01. The summed E-state index contributed by atoms with van der Waals surface area (Å²) in [6, 6.07) is 60.8. The van der Waals surface area contributed by atoms with Gasteiger partial charge in [-0.25, -0.2) is 0 Å². The molecular weight excluding hydrogens is 753 g/mol. The number of benzene rings is 8. The summed E-state index contributed by atoms with van der Waals surface area (Å²) in [6.07, 6.45) is 16.4. The van der Waals surface area contributed by atoms with Crippen LogP contribution in [0.5, 0.6) is 0 Å². The largest absolute Gasteiger partial charge is 0.310 e. The van der Waals surface area contributed by atoms with Gasteiger partial charge in [-0.1, -0.05) is 140 Å². The van der Waals surface area contributed by atoms with Gasteiger partial charge in [-0.3, -0.25) is 0 Å². The normalized spacial score (nSPS) is 21.0. The molecule has 0 aromatic heterocycles. The Hall–Kier alpha value is -6.20. The van der Waals surface area contributed by atoms with E-state index in [-0.39, 0.29) is 4.75 Å². The van der Waals surface area contributed by atoms with Gasteiger partial charge in [0.25, 0.3) is 0 Å². The molecule has 8 aromatic carbocycles. The molecule has 2 aliphatic heterocycles. The Morgan fingerprint density at radius 1 is 0.492 bits per heavy atom. The molecule has 4 atom stereocenters. The highest BCUT2D eigenvalue weighted by Gasteiger charge is 2.41. The Balaban J connectivity index is 1.09. The van der Waals surface area contributed by atoms with Crippen LogP contribution in [0, 0.1) is 0 Å². The molecule has 0 spiro atoms. The van der Waals surface area contributed by atoms with E-state index >= 15 is 0 Å². The van der Waals surface area contributed by atoms with Crippen molar-refractivity contribution in [2.75, 3.05) is 9.80 Å². The SMILES string of the molecule is CC12C=CC=CC1c1cc(N(c3ccccc3)c3cc4c5ccccc5c(N(C5=CC6c7ccccc7SC6C=C5)c5ccccc5)cc4c4ccccc34)ccc1S2. The first-order valence-electron chi connectivity index (χ1n) is 20.5. The number of rotatable bonds is 6. The fourth-order valence-corrected chi connectivity index (χ4v) is 12.7. The van der Waals surface area contributed by atoms with Crippen molar-refractivity contribution in [3.8, 4) is 0 Å². The second-order valence-corrected chi connectivity index (χ2v) is 18.9. The highest BCUT2D eigenvalue weighted by atomic mass is 32.2. The van der Waals surface area contributed by atoms with Crippen molar-refractivity contribution in [1.82, 2.24) is 0 Å². The zero-order valence-corrected chi connectivity index (χ0v) is 34.2. The zero-order chi connectivity index (χ0) is 39.1. The summed E-state index contributed by atoms with van der Waals surface area (Å²) in [5, 5.41) is 7.80. The number of hydrogen-bond acceptors (Lipinski definition) is 4. The standard InChI is InChI=1S/C55H40N2S2/c1-55-31-15-14-25-49(55)48-33-39(28-30-54(48)59-55)57(37-18-6-3-7-19-37)51-35-46-40-20-8-10-22-42(40)50(34-45(46)41-21-9-11-23-43(41)51)56(36-16-4-2-5-17-36)38-27-29-53-47(32-38)44-24-12-13-26-52(44)58-53/h2-35,47,49,53H,1H3. The van der Waals surface area contributed by atoms with Crippen LogP contribution >= 0.6 is 23.5 Å². The number of para-hydroxylation sites is 2. The number of allylic oxidation sites excluding steroid dienone is 5. The summed E-state index contributed by atoms with van der Waals surface area (Å²) in [7, 11) is 0. The first-order valence-corrected chi connectivity index (χ1v) is 22.2. The number of hydrogen-bond donors (Lipinski definition) is 0. The Kier molecular flexibility index (Phi) is 8.08. The lowest BCUT2D eigenvalue weighted by atomic mass is 9.83. The molecule has 2 nitrogen and oxygen atoms in total. The third kappa shape index (κ3) is 5.58. The summed E-state index contributed by atoms with van der Waals surface area (Å²) in [6.45, 7) is 2.37. The minimum absolute atomic E-state index is 0.0267. The summed E-state index contributed by atoms with van der Waals surface area (Å²) >= 11 is 3.97. The fraction of sp³-hybridized carbons (Fsp3) is 0.0909. The van der Waals surface area contributed by atoms with Crippen LogP contribution in [0.1, 0.15) is 29.9 Å². The van der Waals surface area contributed by atoms with Crippen molar-refractivity contribution < 1.29 is 0 Å². The minimum atomic E-state index is 0.0267. The van der Waals surface area contributed by atoms with Gasteiger partial charge in [0.2, 0.25) is 0 Å². The molecule has 8 aromatic rings. The van der Waals surface area contributed by atoms with Crippen LogP contribution in [0.4, 0.5) is 28.4 Å². The average molecular weight is 793 g/mol. The van der Waals surface area contributed by atoms with Gasteiger partial charge < -0.3 is 9.80 Å². The van der Waals surface area contributed by atoms with Gasteiger partial charge in [0.1, 0.15) is 0 Å². The Morgan fingerprint density at radius 3 is 1.81 bits per heavy atom. The van der Waals surface area contributed by atoms with Crippen LogP contribution in [0.25, 0.3) is 32.3 Å². The van der Waals surface area contributed by atoms with Crippen LogP contribution in [0.15, 0.2) is 222 Å². The quantitative estimate of drug-likeness (QED) is 0.155. The molecule has 2 heterocycles. The summed E-state index contributed by atoms with van der Waals surface area (Å²) in [4.78, 5) is 7.73. The maximum Gasteiger partial charge on any atom is 0.0546 e. The van der Waals surface area contributed by atoms with E-state index in [1.54, 1.807) is 0 Å². The molecule has 0 N–H and O–H groups in total. The van der Waals surface area contributed by atoms with E-state index in [2.05, 4.69) is 223 Å². The molecule has 282 valence electrons. The highest BCUT2D eigenvalue weighted by Crippen LogP contribution is 2.57. The lowest BCUT2D eigenvalue weighted by molar-refractivity contribution is 0.702. The van der Waals surface area contributed by atoms with Gasteiger partial charge in [0, 0.05) is 65.2 Å². The molecule has 0 saturated heterocycles. The van der Waals surface area contributed by atoms with Crippen molar-refractivity contribution in [1.29, 1.82) is 0 Å². The fourth-order valence-electron chi connectivity index (χ4n) is 9.95. The lowest BCUT2D eigenvalue weighted by Gasteiger charge is -2.32. The zero-order valence-electron chi connectivity index (χ0n) is 32.6. The second-order valence-electron chi connectivity index (χ2n) is 16.1. The van der Waals surface area contributed by atoms with Gasteiger partial charge in [0.05, 0.1) is 11.4 Å². The molecule has 59 heavy (non-hydrogen) atoms. The van der Waals surface area contributed by atoms with E-state index in [0.717, 1.165) is 11.4 Å². The topological polar surface area (TPSA) is 6.48 Å². The van der Waals surface area contributed by atoms with E-state index < -0.39 is 0 Å². The molecule has 0 saturated carbocycles. The number of thioether (sulfide) groups is 2. The van der Waals surface area contributed by atoms with Crippen molar-refractivity contribution in [2.45, 2.75) is 38.5 Å². The number of anilines is 5. The summed E-state index contributed by atoms with van der Waals surface area (Å²) < 4.78 is 0.0267. The van der Waals surface area contributed by atoms with E-state index in [1.807, 2.05) is 23.5 Å². The molecule has 4 aliphatic rings. The Labute approximate surface area is 353 Å². The third-order valence-electron chi connectivity index (χ3n) is 12.7. The van der Waals surface area contributed by atoms with Crippen molar-refractivity contribution in [2.24, 2.45) is 0 Å². The monoisotopic (exact) mass is 792 g/mol. The van der Waals surface area contributed by atoms with Crippen molar-refractivity contribution >= 4 is 84.3 Å². The van der Waals surface area contributed by atoms with Crippen LogP contribution < -0.4 is 9.80 Å². The summed E-state index contributed by atoms with van der Waals surface area (Å²) in [5.74, 6) is 0.647. The maximum atomic E-state index is 2.51. The first kappa shape index (κ1) is 34.8. The Morgan fingerprint density at radius 2 is 1.10 bits per heavy atom. The molecule has 12 rings (SSSR count). The van der Waals surface area contributed by atoms with E-state index in [9.17, 15) is 0 Å². The van der Waals surface area contributed by atoms with E-state index in [0.29, 0.717) is 17.1 Å². The molecule has 0 fully saturated rings. The minimum Gasteiger partial charge on any atom is -0.310 e. The Bertz CT molecular complexity index is 3110. The molecule has 0 amide bonds. The van der Waals surface area contributed by atoms with E-state index in [4.69, 9.17) is 0 Å². The number of fused-ring (bicyclic) bond motifs is 11. The summed E-state index contributed by atoms with van der Waals surface area (Å²) in [5.41, 5.74) is 9.83. The van der Waals surface area contributed by atoms with Crippen LogP contribution in [-0.4, -0.2) is 10.00 Å². The van der Waals surface area contributed by atoms with Crippen molar-refractivity contribution in [3.05, 3.63) is 223 Å². The average Bonchev–Trinajstić information content (AvgIpc) is 3.81. The first-order chi connectivity index (χ1) is 29.1. The van der Waals surface area contributed by atoms with Crippen molar-refractivity contribution in [3.63, 3.8) is 0 Å². The molecule has 0 bridgehead atoms. The molecular formula is C55H40N2S2. The number of nitrogens with zero attached hydrogens (tertiary/aromatic N) is 2. The van der Waals surface area contributed by atoms with Gasteiger partial charge >= 0.3 is 0 Å². The molecule has 4 unspecified atom stereocenters. The molecule has 0 radical (unpaired) electrons. The smallest absolute Gasteiger partial charge is 0.0546 e. The lowest BCUT2D eigenvalue weighted by Crippen LogP contribution is -2.22. The van der Waals surface area contributed by atoms with Crippen LogP contribution in [0.3, 0.4) is 0 Å². The van der Waals surface area contributed by atoms with Crippen LogP contribution in [-0.2, 0) is 0 Å². The second kappa shape index (κ2) is 13.7. The van der Waals surface area contributed by atoms with Gasteiger partial charge in [-0.05, 0) is 106 Å². The van der Waals surface area contributed by atoms with E-state index in [1.165, 1.54) is 76.0 Å². The molecule has 4 heteroatoms.